The SMILES string of the molecule is CCCC(CC(=O)N1CCC(C)C1CO)n1ccnc1. The number of amides is 1. The molecule has 112 valence electrons. The lowest BCUT2D eigenvalue weighted by Crippen LogP contribution is -2.40. The fourth-order valence-electron chi connectivity index (χ4n) is 3.09. The molecule has 5 heteroatoms. The van der Waals surface area contributed by atoms with Crippen molar-refractivity contribution in [1.82, 2.24) is 14.5 Å². The van der Waals surface area contributed by atoms with Crippen LogP contribution in [-0.4, -0.2) is 44.7 Å². The van der Waals surface area contributed by atoms with E-state index >= 15 is 0 Å². The topological polar surface area (TPSA) is 58.4 Å². The summed E-state index contributed by atoms with van der Waals surface area (Å²) in [5, 5.41) is 9.47. The average molecular weight is 279 g/mol. The van der Waals surface area contributed by atoms with Crippen molar-refractivity contribution < 1.29 is 9.90 Å². The van der Waals surface area contributed by atoms with E-state index < -0.39 is 0 Å². The fourth-order valence-corrected chi connectivity index (χ4v) is 3.09. The lowest BCUT2D eigenvalue weighted by Gasteiger charge is -2.27. The van der Waals surface area contributed by atoms with Gasteiger partial charge in [0.2, 0.25) is 5.91 Å². The second-order valence-corrected chi connectivity index (χ2v) is 5.76. The maximum absolute atomic E-state index is 12.5. The van der Waals surface area contributed by atoms with Gasteiger partial charge in [0.25, 0.3) is 0 Å². The Balaban J connectivity index is 2.01. The highest BCUT2D eigenvalue weighted by Gasteiger charge is 2.34. The number of aromatic nitrogens is 2. The number of likely N-dealkylation sites (tertiary alicyclic amines) is 1. The number of rotatable bonds is 6. The van der Waals surface area contributed by atoms with Crippen molar-refractivity contribution >= 4 is 5.91 Å². The van der Waals surface area contributed by atoms with Gasteiger partial charge in [0.15, 0.2) is 0 Å². The number of hydrogen-bond donors (Lipinski definition) is 1. The number of aliphatic hydroxyl groups is 1. The number of carbonyl (C=O) groups is 1. The van der Waals surface area contributed by atoms with Gasteiger partial charge in [-0.15, -0.1) is 0 Å². The van der Waals surface area contributed by atoms with Gasteiger partial charge in [0.05, 0.1) is 19.0 Å². The molecule has 1 amide bonds. The normalized spacial score (nSPS) is 24.1. The predicted molar refractivity (Wildman–Crippen MR) is 77.2 cm³/mol. The largest absolute Gasteiger partial charge is 0.394 e. The third-order valence-corrected chi connectivity index (χ3v) is 4.37. The van der Waals surface area contributed by atoms with Crippen molar-refractivity contribution in [3.8, 4) is 0 Å². The second-order valence-electron chi connectivity index (χ2n) is 5.76. The van der Waals surface area contributed by atoms with Gasteiger partial charge in [-0.1, -0.05) is 20.3 Å². The molecular formula is C15H25N3O2. The average Bonchev–Trinajstić information content (AvgIpc) is 3.07. The maximum Gasteiger partial charge on any atom is 0.224 e. The standard InChI is InChI=1S/C15H25N3O2/c1-3-4-13(17-8-6-16-11-17)9-15(20)18-7-5-12(2)14(18)10-19/h6,8,11-14,19H,3-5,7,9-10H2,1-2H3. The van der Waals surface area contributed by atoms with E-state index in [0.717, 1.165) is 25.8 Å². The van der Waals surface area contributed by atoms with E-state index in [9.17, 15) is 9.90 Å². The third-order valence-electron chi connectivity index (χ3n) is 4.37. The molecule has 1 aliphatic rings. The summed E-state index contributed by atoms with van der Waals surface area (Å²) in [6.07, 6.45) is 8.94. The van der Waals surface area contributed by atoms with Gasteiger partial charge in [-0.25, -0.2) is 4.98 Å². The van der Waals surface area contributed by atoms with Crippen LogP contribution in [0.4, 0.5) is 0 Å². The first-order chi connectivity index (χ1) is 9.67. The second kappa shape index (κ2) is 6.88. The van der Waals surface area contributed by atoms with E-state index in [1.165, 1.54) is 0 Å². The van der Waals surface area contributed by atoms with E-state index in [4.69, 9.17) is 0 Å². The predicted octanol–water partition coefficient (Wildman–Crippen LogP) is 1.84. The third kappa shape index (κ3) is 3.20. The summed E-state index contributed by atoms with van der Waals surface area (Å²) in [4.78, 5) is 18.5. The van der Waals surface area contributed by atoms with Crippen molar-refractivity contribution in [2.24, 2.45) is 5.92 Å². The van der Waals surface area contributed by atoms with Crippen LogP contribution in [0, 0.1) is 5.92 Å². The van der Waals surface area contributed by atoms with Gasteiger partial charge in [-0.2, -0.15) is 0 Å². The minimum absolute atomic E-state index is 0.00689. The Hall–Kier alpha value is -1.36. The summed E-state index contributed by atoms with van der Waals surface area (Å²) in [6, 6.07) is 0.165. The van der Waals surface area contributed by atoms with Crippen LogP contribution < -0.4 is 0 Å². The molecule has 1 aliphatic heterocycles. The van der Waals surface area contributed by atoms with Gasteiger partial charge < -0.3 is 14.6 Å². The highest BCUT2D eigenvalue weighted by atomic mass is 16.3. The molecule has 0 aromatic carbocycles. The Morgan fingerprint density at radius 3 is 2.95 bits per heavy atom. The molecule has 5 nitrogen and oxygen atoms in total. The Morgan fingerprint density at radius 2 is 2.35 bits per heavy atom. The quantitative estimate of drug-likeness (QED) is 0.864. The van der Waals surface area contributed by atoms with Crippen LogP contribution in [0.5, 0.6) is 0 Å². The molecule has 0 bridgehead atoms. The molecule has 20 heavy (non-hydrogen) atoms. The molecular weight excluding hydrogens is 254 g/mol. The zero-order valence-electron chi connectivity index (χ0n) is 12.4. The van der Waals surface area contributed by atoms with Gasteiger partial charge in [-0.05, 0) is 18.8 Å². The maximum atomic E-state index is 12.5. The van der Waals surface area contributed by atoms with Crippen molar-refractivity contribution in [2.45, 2.75) is 51.6 Å². The Kier molecular flexibility index (Phi) is 5.17. The zero-order chi connectivity index (χ0) is 14.5. The molecule has 0 saturated carbocycles. The van der Waals surface area contributed by atoms with Crippen LogP contribution in [0.3, 0.4) is 0 Å². The summed E-state index contributed by atoms with van der Waals surface area (Å²) >= 11 is 0. The van der Waals surface area contributed by atoms with Crippen LogP contribution >= 0.6 is 0 Å². The molecule has 1 saturated heterocycles. The summed E-state index contributed by atoms with van der Waals surface area (Å²) in [7, 11) is 0. The summed E-state index contributed by atoms with van der Waals surface area (Å²) < 4.78 is 2.02. The molecule has 0 aliphatic carbocycles. The summed E-state index contributed by atoms with van der Waals surface area (Å²) in [6.45, 7) is 5.07. The molecule has 0 radical (unpaired) electrons. The highest BCUT2D eigenvalue weighted by Crippen LogP contribution is 2.27. The van der Waals surface area contributed by atoms with Crippen LogP contribution in [0.25, 0.3) is 0 Å². The first kappa shape index (κ1) is 15.0. The number of nitrogens with zero attached hydrogens (tertiary/aromatic N) is 3. The minimum atomic E-state index is -0.00689. The molecule has 1 N–H and O–H groups in total. The molecule has 1 aromatic heterocycles. The first-order valence-corrected chi connectivity index (χ1v) is 7.55. The Bertz CT molecular complexity index is 419. The summed E-state index contributed by atoms with van der Waals surface area (Å²) in [5.41, 5.74) is 0. The van der Waals surface area contributed by atoms with Crippen LogP contribution in [0.15, 0.2) is 18.7 Å². The molecule has 0 spiro atoms. The molecule has 2 heterocycles. The van der Waals surface area contributed by atoms with Crippen LogP contribution in [0.1, 0.15) is 45.6 Å². The first-order valence-electron chi connectivity index (χ1n) is 7.55. The summed E-state index contributed by atoms with van der Waals surface area (Å²) in [5.74, 6) is 0.544. The molecule has 1 aromatic rings. The van der Waals surface area contributed by atoms with Crippen LogP contribution in [0.2, 0.25) is 0 Å². The Morgan fingerprint density at radius 1 is 1.55 bits per heavy atom. The van der Waals surface area contributed by atoms with E-state index in [2.05, 4.69) is 18.8 Å². The van der Waals surface area contributed by atoms with Gasteiger partial charge in [-0.3, -0.25) is 4.79 Å². The van der Waals surface area contributed by atoms with E-state index in [0.29, 0.717) is 12.3 Å². The van der Waals surface area contributed by atoms with Crippen molar-refractivity contribution in [2.75, 3.05) is 13.2 Å². The number of hydrogen-bond acceptors (Lipinski definition) is 3. The van der Waals surface area contributed by atoms with Crippen LogP contribution in [-0.2, 0) is 4.79 Å². The minimum Gasteiger partial charge on any atom is -0.394 e. The molecule has 1 fully saturated rings. The fraction of sp³-hybridized carbons (Fsp3) is 0.733. The van der Waals surface area contributed by atoms with Crippen molar-refractivity contribution in [3.05, 3.63) is 18.7 Å². The van der Waals surface area contributed by atoms with E-state index in [-0.39, 0.29) is 24.6 Å². The lowest BCUT2D eigenvalue weighted by atomic mass is 10.0. The van der Waals surface area contributed by atoms with E-state index in [1.807, 2.05) is 15.7 Å². The number of carbonyl (C=O) groups excluding carboxylic acids is 1. The number of imidazole rings is 1. The van der Waals surface area contributed by atoms with Gasteiger partial charge >= 0.3 is 0 Å². The zero-order valence-corrected chi connectivity index (χ0v) is 12.4. The molecule has 3 unspecified atom stereocenters. The van der Waals surface area contributed by atoms with Gasteiger partial charge in [0.1, 0.15) is 0 Å². The Labute approximate surface area is 120 Å². The lowest BCUT2D eigenvalue weighted by molar-refractivity contribution is -0.134. The van der Waals surface area contributed by atoms with Crippen molar-refractivity contribution in [1.29, 1.82) is 0 Å². The van der Waals surface area contributed by atoms with E-state index in [1.54, 1.807) is 12.5 Å². The van der Waals surface area contributed by atoms with Crippen molar-refractivity contribution in [3.63, 3.8) is 0 Å². The van der Waals surface area contributed by atoms with Gasteiger partial charge in [0, 0.05) is 31.4 Å². The monoisotopic (exact) mass is 279 g/mol. The number of aliphatic hydroxyl groups excluding tert-OH is 1. The molecule has 2 rings (SSSR count). The highest BCUT2D eigenvalue weighted by molar-refractivity contribution is 5.77. The molecule has 3 atom stereocenters. The smallest absolute Gasteiger partial charge is 0.224 e.